The van der Waals surface area contributed by atoms with Crippen LogP contribution in [0.25, 0.3) is 0 Å². The van der Waals surface area contributed by atoms with E-state index in [0.29, 0.717) is 6.54 Å². The lowest BCUT2D eigenvalue weighted by atomic mass is 10.2. The molecule has 1 aromatic heterocycles. The van der Waals surface area contributed by atoms with Gasteiger partial charge in [-0.15, -0.1) is 0 Å². The molecule has 0 spiro atoms. The van der Waals surface area contributed by atoms with Gasteiger partial charge in [0.1, 0.15) is 0 Å². The fraction of sp³-hybridized carbons (Fsp3) is 0.692. The van der Waals surface area contributed by atoms with Gasteiger partial charge in [0.25, 0.3) is 0 Å². The zero-order valence-corrected chi connectivity index (χ0v) is 13.1. The smallest absolute Gasteiger partial charge is 0.208 e. The molecular weight excluding hydrogens is 262 g/mol. The van der Waals surface area contributed by atoms with E-state index < -0.39 is 10.0 Å². The molecule has 110 valence electrons. The number of sulfonamides is 1. The van der Waals surface area contributed by atoms with Crippen molar-refractivity contribution in [1.82, 2.24) is 14.6 Å². The number of rotatable bonds is 8. The van der Waals surface area contributed by atoms with Crippen molar-refractivity contribution in [1.29, 1.82) is 0 Å². The molecular formula is C13H25N3O2S. The summed E-state index contributed by atoms with van der Waals surface area (Å²) in [5, 5.41) is 3.35. The van der Waals surface area contributed by atoms with Gasteiger partial charge in [0.2, 0.25) is 10.0 Å². The van der Waals surface area contributed by atoms with Crippen molar-refractivity contribution in [2.24, 2.45) is 0 Å². The van der Waals surface area contributed by atoms with Crippen LogP contribution in [0.5, 0.6) is 0 Å². The molecule has 0 amide bonds. The monoisotopic (exact) mass is 287 g/mol. The average molecular weight is 287 g/mol. The quantitative estimate of drug-likeness (QED) is 0.705. The Morgan fingerprint density at radius 3 is 2.47 bits per heavy atom. The maximum absolute atomic E-state index is 10.9. The molecule has 0 fully saturated rings. The third-order valence-corrected chi connectivity index (χ3v) is 3.93. The minimum Gasteiger partial charge on any atom is -0.349 e. The van der Waals surface area contributed by atoms with Crippen LogP contribution >= 0.6 is 0 Å². The molecule has 6 heteroatoms. The lowest BCUT2D eigenvalue weighted by Gasteiger charge is -2.07. The van der Waals surface area contributed by atoms with Crippen LogP contribution in [0.3, 0.4) is 0 Å². The molecule has 0 aliphatic heterocycles. The number of hydrogen-bond donors (Lipinski definition) is 2. The maximum Gasteiger partial charge on any atom is 0.208 e. The first-order chi connectivity index (χ1) is 8.85. The Balaban J connectivity index is 2.30. The zero-order valence-electron chi connectivity index (χ0n) is 12.3. The SMILES string of the molecule is CCn1c(C)cc(CNCCCNS(C)(=O)=O)c1C. The van der Waals surface area contributed by atoms with Gasteiger partial charge in [-0.1, -0.05) is 0 Å². The highest BCUT2D eigenvalue weighted by Crippen LogP contribution is 2.14. The lowest BCUT2D eigenvalue weighted by Crippen LogP contribution is -2.26. The second-order valence-electron chi connectivity index (χ2n) is 4.84. The molecule has 0 saturated heterocycles. The van der Waals surface area contributed by atoms with Crippen molar-refractivity contribution >= 4 is 10.0 Å². The number of aromatic nitrogens is 1. The molecule has 0 saturated carbocycles. The van der Waals surface area contributed by atoms with Gasteiger partial charge in [0.15, 0.2) is 0 Å². The normalized spacial score (nSPS) is 12.0. The maximum atomic E-state index is 10.9. The van der Waals surface area contributed by atoms with Crippen molar-refractivity contribution in [3.05, 3.63) is 23.0 Å². The molecule has 0 bridgehead atoms. The van der Waals surface area contributed by atoms with Crippen LogP contribution in [-0.4, -0.2) is 32.3 Å². The highest BCUT2D eigenvalue weighted by Gasteiger charge is 2.06. The van der Waals surface area contributed by atoms with Crippen LogP contribution in [0.15, 0.2) is 6.07 Å². The fourth-order valence-electron chi connectivity index (χ4n) is 2.23. The lowest BCUT2D eigenvalue weighted by molar-refractivity contribution is 0.579. The van der Waals surface area contributed by atoms with Gasteiger partial charge >= 0.3 is 0 Å². The number of nitrogens with one attached hydrogen (secondary N) is 2. The molecule has 5 nitrogen and oxygen atoms in total. The minimum absolute atomic E-state index is 0.486. The predicted molar refractivity (Wildman–Crippen MR) is 78.8 cm³/mol. The fourth-order valence-corrected chi connectivity index (χ4v) is 2.75. The van der Waals surface area contributed by atoms with Crippen LogP contribution < -0.4 is 10.0 Å². The van der Waals surface area contributed by atoms with Gasteiger partial charge in [-0.3, -0.25) is 0 Å². The van der Waals surface area contributed by atoms with Gasteiger partial charge in [-0.25, -0.2) is 13.1 Å². The number of aryl methyl sites for hydroxylation is 1. The number of nitrogens with zero attached hydrogens (tertiary/aromatic N) is 1. The van der Waals surface area contributed by atoms with Crippen molar-refractivity contribution in [2.45, 2.75) is 40.3 Å². The third-order valence-electron chi connectivity index (χ3n) is 3.20. The first kappa shape index (κ1) is 16.2. The Kier molecular flexibility index (Phi) is 6.03. The van der Waals surface area contributed by atoms with Crippen LogP contribution in [-0.2, 0) is 23.1 Å². The standard InChI is InChI=1S/C13H25N3O2S/c1-5-16-11(2)9-13(12(16)3)10-14-7-6-8-15-19(4,17)18/h9,14-15H,5-8,10H2,1-4H3. The van der Waals surface area contributed by atoms with Gasteiger partial charge in [0, 0.05) is 31.0 Å². The first-order valence-corrected chi connectivity index (χ1v) is 8.55. The first-order valence-electron chi connectivity index (χ1n) is 6.66. The summed E-state index contributed by atoms with van der Waals surface area (Å²) in [5.41, 5.74) is 3.91. The molecule has 0 aromatic carbocycles. The molecule has 2 N–H and O–H groups in total. The zero-order chi connectivity index (χ0) is 14.5. The van der Waals surface area contributed by atoms with Gasteiger partial charge in [-0.05, 0) is 45.4 Å². The average Bonchev–Trinajstić information content (AvgIpc) is 2.57. The molecule has 0 aliphatic carbocycles. The van der Waals surface area contributed by atoms with Crippen LogP contribution in [0.1, 0.15) is 30.3 Å². The molecule has 1 aromatic rings. The second kappa shape index (κ2) is 7.07. The summed E-state index contributed by atoms with van der Waals surface area (Å²) >= 11 is 0. The Bertz CT molecular complexity index is 506. The summed E-state index contributed by atoms with van der Waals surface area (Å²) < 4.78 is 26.5. The van der Waals surface area contributed by atoms with Crippen LogP contribution in [0, 0.1) is 13.8 Å². The van der Waals surface area contributed by atoms with E-state index >= 15 is 0 Å². The van der Waals surface area contributed by atoms with Crippen LogP contribution in [0.4, 0.5) is 0 Å². The summed E-state index contributed by atoms with van der Waals surface area (Å²) in [6, 6.07) is 2.21. The van der Waals surface area contributed by atoms with Crippen LogP contribution in [0.2, 0.25) is 0 Å². The summed E-state index contributed by atoms with van der Waals surface area (Å²) in [7, 11) is -3.06. The number of hydrogen-bond acceptors (Lipinski definition) is 3. The highest BCUT2D eigenvalue weighted by molar-refractivity contribution is 7.88. The second-order valence-corrected chi connectivity index (χ2v) is 6.67. The summed E-state index contributed by atoms with van der Waals surface area (Å²) in [5.74, 6) is 0. The molecule has 1 heterocycles. The molecule has 0 unspecified atom stereocenters. The topological polar surface area (TPSA) is 63.1 Å². The van der Waals surface area contributed by atoms with Crippen molar-refractivity contribution in [2.75, 3.05) is 19.3 Å². The highest BCUT2D eigenvalue weighted by atomic mass is 32.2. The van der Waals surface area contributed by atoms with E-state index in [9.17, 15) is 8.42 Å². The van der Waals surface area contributed by atoms with Gasteiger partial charge in [-0.2, -0.15) is 0 Å². The van der Waals surface area contributed by atoms with E-state index in [-0.39, 0.29) is 0 Å². The van der Waals surface area contributed by atoms with E-state index in [2.05, 4.69) is 41.4 Å². The summed E-state index contributed by atoms with van der Waals surface area (Å²) in [6.45, 7) is 9.52. The van der Waals surface area contributed by atoms with E-state index in [4.69, 9.17) is 0 Å². The predicted octanol–water partition coefficient (Wildman–Crippen LogP) is 1.15. The molecule has 1 rings (SSSR count). The Hall–Kier alpha value is -0.850. The Labute approximate surface area is 116 Å². The summed E-state index contributed by atoms with van der Waals surface area (Å²) in [4.78, 5) is 0. The van der Waals surface area contributed by atoms with Crippen molar-refractivity contribution in [3.63, 3.8) is 0 Å². The van der Waals surface area contributed by atoms with Crippen molar-refractivity contribution in [3.8, 4) is 0 Å². The Morgan fingerprint density at radius 2 is 1.95 bits per heavy atom. The van der Waals surface area contributed by atoms with E-state index in [0.717, 1.165) is 26.1 Å². The van der Waals surface area contributed by atoms with Crippen molar-refractivity contribution < 1.29 is 8.42 Å². The molecule has 0 aliphatic rings. The van der Waals surface area contributed by atoms with E-state index in [1.165, 1.54) is 23.2 Å². The van der Waals surface area contributed by atoms with Gasteiger partial charge < -0.3 is 9.88 Å². The third kappa shape index (κ3) is 5.34. The van der Waals surface area contributed by atoms with E-state index in [1.807, 2.05) is 0 Å². The Morgan fingerprint density at radius 1 is 1.26 bits per heavy atom. The molecule has 0 radical (unpaired) electrons. The van der Waals surface area contributed by atoms with Gasteiger partial charge in [0.05, 0.1) is 6.26 Å². The molecule has 0 atom stereocenters. The molecule has 19 heavy (non-hydrogen) atoms. The largest absolute Gasteiger partial charge is 0.349 e. The minimum atomic E-state index is -3.06. The summed E-state index contributed by atoms with van der Waals surface area (Å²) in [6.07, 6.45) is 1.97. The van der Waals surface area contributed by atoms with E-state index in [1.54, 1.807) is 0 Å².